The maximum absolute atomic E-state index is 13.0. The Morgan fingerprint density at radius 3 is 2.64 bits per heavy atom. The minimum Gasteiger partial charge on any atom is -0.298 e. The van der Waals surface area contributed by atoms with Crippen molar-refractivity contribution in [2.75, 3.05) is 32.7 Å². The smallest absolute Gasteiger partial charge is 0.282 e. The van der Waals surface area contributed by atoms with Crippen molar-refractivity contribution in [2.45, 2.75) is 31.8 Å². The molecule has 1 aromatic rings. The van der Waals surface area contributed by atoms with E-state index in [9.17, 15) is 8.42 Å². The third-order valence-corrected chi connectivity index (χ3v) is 7.25. The lowest BCUT2D eigenvalue weighted by Gasteiger charge is -2.39. The van der Waals surface area contributed by atoms with Crippen molar-refractivity contribution in [3.05, 3.63) is 35.4 Å². The van der Waals surface area contributed by atoms with Gasteiger partial charge in [0, 0.05) is 38.8 Å². The third kappa shape index (κ3) is 2.48. The standard InChI is InChI=1S/C16H23N3O2S/c20-22(21,19-11-10-17-8-3-6-16(17)13-19)18-9-7-14-4-1-2-5-15(14)12-18/h1-2,4-5,16H,3,6-13H2/t16-/m0/s1. The minimum atomic E-state index is -3.33. The lowest BCUT2D eigenvalue weighted by Crippen LogP contribution is -2.56. The van der Waals surface area contributed by atoms with Crippen LogP contribution in [0.15, 0.2) is 24.3 Å². The molecule has 1 atom stereocenters. The molecule has 0 radical (unpaired) electrons. The zero-order chi connectivity index (χ0) is 15.2. The number of hydrogen-bond acceptors (Lipinski definition) is 3. The lowest BCUT2D eigenvalue weighted by atomic mass is 10.0. The highest BCUT2D eigenvalue weighted by Gasteiger charge is 2.38. The Kier molecular flexibility index (Phi) is 3.72. The monoisotopic (exact) mass is 321 g/mol. The van der Waals surface area contributed by atoms with Crippen LogP contribution in [0, 0.1) is 0 Å². The highest BCUT2D eigenvalue weighted by molar-refractivity contribution is 7.86. The fourth-order valence-corrected chi connectivity index (χ4v) is 5.63. The summed E-state index contributed by atoms with van der Waals surface area (Å²) in [5, 5.41) is 0. The van der Waals surface area contributed by atoms with E-state index in [2.05, 4.69) is 11.0 Å². The fraction of sp³-hybridized carbons (Fsp3) is 0.625. The van der Waals surface area contributed by atoms with Crippen molar-refractivity contribution >= 4 is 10.2 Å². The first kappa shape index (κ1) is 14.6. The molecule has 6 heteroatoms. The van der Waals surface area contributed by atoms with Gasteiger partial charge in [-0.05, 0) is 36.9 Å². The molecule has 120 valence electrons. The van der Waals surface area contributed by atoms with E-state index in [0.717, 1.165) is 31.5 Å². The SMILES string of the molecule is O=S(=O)(N1CCc2ccccc2C1)N1CCN2CCC[C@H]2C1. The van der Waals surface area contributed by atoms with E-state index in [1.54, 1.807) is 8.61 Å². The number of hydrogen-bond donors (Lipinski definition) is 0. The van der Waals surface area contributed by atoms with Gasteiger partial charge in [0.05, 0.1) is 0 Å². The van der Waals surface area contributed by atoms with Crippen molar-refractivity contribution in [1.82, 2.24) is 13.5 Å². The predicted molar refractivity (Wildman–Crippen MR) is 85.6 cm³/mol. The van der Waals surface area contributed by atoms with Gasteiger partial charge in [0.25, 0.3) is 10.2 Å². The molecule has 3 aliphatic rings. The highest BCUT2D eigenvalue weighted by atomic mass is 32.2. The lowest BCUT2D eigenvalue weighted by molar-refractivity contribution is 0.151. The Labute approximate surface area is 132 Å². The average Bonchev–Trinajstić information content (AvgIpc) is 3.02. The Balaban J connectivity index is 1.52. The van der Waals surface area contributed by atoms with Gasteiger partial charge in [-0.3, -0.25) is 4.90 Å². The van der Waals surface area contributed by atoms with Gasteiger partial charge in [0.2, 0.25) is 0 Å². The maximum Gasteiger partial charge on any atom is 0.282 e. The summed E-state index contributed by atoms with van der Waals surface area (Å²) < 4.78 is 29.3. The summed E-state index contributed by atoms with van der Waals surface area (Å²) in [4.78, 5) is 2.44. The van der Waals surface area contributed by atoms with Gasteiger partial charge in [-0.25, -0.2) is 0 Å². The van der Waals surface area contributed by atoms with Crippen molar-refractivity contribution in [2.24, 2.45) is 0 Å². The molecule has 0 amide bonds. The van der Waals surface area contributed by atoms with Gasteiger partial charge in [-0.1, -0.05) is 24.3 Å². The largest absolute Gasteiger partial charge is 0.298 e. The minimum absolute atomic E-state index is 0.431. The summed E-state index contributed by atoms with van der Waals surface area (Å²) in [6.45, 7) is 4.44. The second-order valence-electron chi connectivity index (χ2n) is 6.55. The van der Waals surface area contributed by atoms with Crippen LogP contribution in [0.3, 0.4) is 0 Å². The van der Waals surface area contributed by atoms with Crippen LogP contribution < -0.4 is 0 Å². The zero-order valence-electron chi connectivity index (χ0n) is 12.8. The van der Waals surface area contributed by atoms with Crippen LogP contribution in [0.25, 0.3) is 0 Å². The Bertz CT molecular complexity index is 661. The van der Waals surface area contributed by atoms with Gasteiger partial charge < -0.3 is 0 Å². The summed E-state index contributed by atoms with van der Waals surface area (Å²) in [6, 6.07) is 8.61. The highest BCUT2D eigenvalue weighted by Crippen LogP contribution is 2.27. The van der Waals surface area contributed by atoms with Crippen LogP contribution in [0.2, 0.25) is 0 Å². The Morgan fingerprint density at radius 2 is 1.77 bits per heavy atom. The second kappa shape index (κ2) is 5.60. The molecule has 0 unspecified atom stereocenters. The second-order valence-corrected chi connectivity index (χ2v) is 8.48. The summed E-state index contributed by atoms with van der Waals surface area (Å²) >= 11 is 0. The van der Waals surface area contributed by atoms with E-state index in [-0.39, 0.29) is 0 Å². The van der Waals surface area contributed by atoms with Crippen LogP contribution >= 0.6 is 0 Å². The molecule has 0 aromatic heterocycles. The summed E-state index contributed by atoms with van der Waals surface area (Å²) in [5.74, 6) is 0. The molecule has 3 heterocycles. The maximum atomic E-state index is 13.0. The molecule has 0 N–H and O–H groups in total. The van der Waals surface area contributed by atoms with Gasteiger partial charge in [0.1, 0.15) is 0 Å². The quantitative estimate of drug-likeness (QED) is 0.818. The molecule has 0 saturated carbocycles. The van der Waals surface area contributed by atoms with Crippen LogP contribution in [-0.2, 0) is 23.2 Å². The predicted octanol–water partition coefficient (Wildman–Crippen LogP) is 1.07. The summed E-state index contributed by atoms with van der Waals surface area (Å²) in [5.41, 5.74) is 2.44. The molecular formula is C16H23N3O2S. The zero-order valence-corrected chi connectivity index (χ0v) is 13.6. The molecule has 2 saturated heterocycles. The molecule has 0 aliphatic carbocycles. The molecule has 1 aromatic carbocycles. The first-order valence-electron chi connectivity index (χ1n) is 8.21. The molecule has 5 nitrogen and oxygen atoms in total. The van der Waals surface area contributed by atoms with Crippen molar-refractivity contribution in [3.8, 4) is 0 Å². The number of fused-ring (bicyclic) bond motifs is 2. The van der Waals surface area contributed by atoms with E-state index >= 15 is 0 Å². The van der Waals surface area contributed by atoms with E-state index in [1.807, 2.05) is 18.2 Å². The van der Waals surface area contributed by atoms with Gasteiger partial charge in [-0.15, -0.1) is 0 Å². The van der Waals surface area contributed by atoms with Crippen LogP contribution in [0.1, 0.15) is 24.0 Å². The van der Waals surface area contributed by atoms with Gasteiger partial charge in [-0.2, -0.15) is 17.0 Å². The van der Waals surface area contributed by atoms with E-state index in [4.69, 9.17) is 0 Å². The van der Waals surface area contributed by atoms with E-state index in [1.165, 1.54) is 12.0 Å². The third-order valence-electron chi connectivity index (χ3n) is 5.30. The Morgan fingerprint density at radius 1 is 0.955 bits per heavy atom. The molecule has 0 bridgehead atoms. The normalized spacial score (nSPS) is 27.5. The molecule has 3 aliphatic heterocycles. The Hall–Kier alpha value is -0.950. The first-order chi connectivity index (χ1) is 10.6. The first-order valence-corrected chi connectivity index (χ1v) is 9.60. The van der Waals surface area contributed by atoms with Crippen LogP contribution in [-0.4, -0.2) is 60.7 Å². The molecular weight excluding hydrogens is 298 g/mol. The van der Waals surface area contributed by atoms with E-state index < -0.39 is 10.2 Å². The van der Waals surface area contributed by atoms with Gasteiger partial charge >= 0.3 is 0 Å². The van der Waals surface area contributed by atoms with Crippen molar-refractivity contribution < 1.29 is 8.42 Å². The molecule has 22 heavy (non-hydrogen) atoms. The molecule has 0 spiro atoms. The topological polar surface area (TPSA) is 43.9 Å². The average molecular weight is 321 g/mol. The fourth-order valence-electron chi connectivity index (χ4n) is 4.00. The van der Waals surface area contributed by atoms with Crippen LogP contribution in [0.5, 0.6) is 0 Å². The summed E-state index contributed by atoms with van der Waals surface area (Å²) in [6.07, 6.45) is 3.16. The number of benzene rings is 1. The molecule has 2 fully saturated rings. The van der Waals surface area contributed by atoms with Gasteiger partial charge in [0.15, 0.2) is 0 Å². The number of piperazine rings is 1. The molecule has 4 rings (SSSR count). The number of rotatable bonds is 2. The van der Waals surface area contributed by atoms with Crippen LogP contribution in [0.4, 0.5) is 0 Å². The van der Waals surface area contributed by atoms with Crippen molar-refractivity contribution in [1.29, 1.82) is 0 Å². The van der Waals surface area contributed by atoms with Crippen molar-refractivity contribution in [3.63, 3.8) is 0 Å². The number of nitrogens with zero attached hydrogens (tertiary/aromatic N) is 3. The summed E-state index contributed by atoms with van der Waals surface area (Å²) in [7, 11) is -3.33. The van der Waals surface area contributed by atoms with E-state index in [0.29, 0.717) is 32.2 Å².